The van der Waals surface area contributed by atoms with Gasteiger partial charge in [-0.2, -0.15) is 0 Å². The summed E-state index contributed by atoms with van der Waals surface area (Å²) in [7, 11) is 1.98. The molecule has 1 N–H and O–H groups in total. The largest absolute Gasteiger partial charge is 0.316 e. The molecule has 1 heterocycles. The van der Waals surface area contributed by atoms with Gasteiger partial charge in [0.15, 0.2) is 0 Å². The lowest BCUT2D eigenvalue weighted by Gasteiger charge is -2.26. The first kappa shape index (κ1) is 13.8. The SMILES string of the molecule is CNCc1ccc(CN2CCC=C(C)C2)c(Br)c1. The molecular formula is C15H21BrN2. The quantitative estimate of drug-likeness (QED) is 0.858. The van der Waals surface area contributed by atoms with Gasteiger partial charge in [0.25, 0.3) is 0 Å². The van der Waals surface area contributed by atoms with Crippen LogP contribution in [-0.2, 0) is 13.1 Å². The van der Waals surface area contributed by atoms with Crippen molar-refractivity contribution in [1.82, 2.24) is 10.2 Å². The predicted molar refractivity (Wildman–Crippen MR) is 80.6 cm³/mol. The number of hydrogen-bond donors (Lipinski definition) is 1. The zero-order valence-electron chi connectivity index (χ0n) is 11.2. The van der Waals surface area contributed by atoms with E-state index in [1.54, 1.807) is 0 Å². The molecule has 1 aromatic rings. The topological polar surface area (TPSA) is 15.3 Å². The molecule has 0 unspecified atom stereocenters. The molecule has 0 aliphatic carbocycles. The number of halogens is 1. The van der Waals surface area contributed by atoms with Crippen molar-refractivity contribution < 1.29 is 0 Å². The lowest BCUT2D eigenvalue weighted by atomic mass is 10.1. The Morgan fingerprint density at radius 2 is 2.22 bits per heavy atom. The molecule has 1 aliphatic rings. The highest BCUT2D eigenvalue weighted by Gasteiger charge is 2.12. The Kier molecular flexibility index (Phi) is 4.98. The van der Waals surface area contributed by atoms with Crippen LogP contribution in [-0.4, -0.2) is 25.0 Å². The van der Waals surface area contributed by atoms with Crippen LogP contribution in [0.5, 0.6) is 0 Å². The summed E-state index contributed by atoms with van der Waals surface area (Å²) < 4.78 is 1.22. The Morgan fingerprint density at radius 3 is 2.89 bits per heavy atom. The summed E-state index contributed by atoms with van der Waals surface area (Å²) in [6.07, 6.45) is 3.53. The highest BCUT2D eigenvalue weighted by Crippen LogP contribution is 2.22. The van der Waals surface area contributed by atoms with Crippen LogP contribution in [0.25, 0.3) is 0 Å². The van der Waals surface area contributed by atoms with Gasteiger partial charge in [0, 0.05) is 30.7 Å². The third-order valence-corrected chi connectivity index (χ3v) is 4.04. The summed E-state index contributed by atoms with van der Waals surface area (Å²) in [5, 5.41) is 3.18. The molecular weight excluding hydrogens is 288 g/mol. The van der Waals surface area contributed by atoms with E-state index in [0.717, 1.165) is 19.6 Å². The average molecular weight is 309 g/mol. The second kappa shape index (κ2) is 6.50. The molecule has 0 fully saturated rings. The minimum Gasteiger partial charge on any atom is -0.316 e. The van der Waals surface area contributed by atoms with Gasteiger partial charge >= 0.3 is 0 Å². The van der Waals surface area contributed by atoms with E-state index < -0.39 is 0 Å². The highest BCUT2D eigenvalue weighted by molar-refractivity contribution is 9.10. The smallest absolute Gasteiger partial charge is 0.0248 e. The van der Waals surface area contributed by atoms with Crippen molar-refractivity contribution in [3.05, 3.63) is 45.4 Å². The number of rotatable bonds is 4. The van der Waals surface area contributed by atoms with E-state index in [-0.39, 0.29) is 0 Å². The molecule has 0 bridgehead atoms. The third kappa shape index (κ3) is 3.67. The Labute approximate surface area is 118 Å². The first-order chi connectivity index (χ1) is 8.69. The van der Waals surface area contributed by atoms with Gasteiger partial charge in [-0.3, -0.25) is 4.90 Å². The van der Waals surface area contributed by atoms with Crippen LogP contribution in [0.15, 0.2) is 34.3 Å². The number of nitrogens with one attached hydrogen (secondary N) is 1. The zero-order chi connectivity index (χ0) is 13.0. The highest BCUT2D eigenvalue weighted by atomic mass is 79.9. The fraction of sp³-hybridized carbons (Fsp3) is 0.467. The van der Waals surface area contributed by atoms with Gasteiger partial charge < -0.3 is 5.32 Å². The van der Waals surface area contributed by atoms with Crippen LogP contribution in [0, 0.1) is 0 Å². The van der Waals surface area contributed by atoms with E-state index in [0.29, 0.717) is 0 Å². The normalized spacial score (nSPS) is 16.7. The molecule has 0 saturated heterocycles. The molecule has 2 nitrogen and oxygen atoms in total. The second-order valence-corrected chi connectivity index (χ2v) is 5.86. The van der Waals surface area contributed by atoms with E-state index in [1.165, 1.54) is 34.1 Å². The van der Waals surface area contributed by atoms with Crippen molar-refractivity contribution in [3.8, 4) is 0 Å². The van der Waals surface area contributed by atoms with Gasteiger partial charge in [-0.25, -0.2) is 0 Å². The lowest BCUT2D eigenvalue weighted by molar-refractivity contribution is 0.282. The lowest BCUT2D eigenvalue weighted by Crippen LogP contribution is -2.28. The minimum atomic E-state index is 0.921. The van der Waals surface area contributed by atoms with E-state index in [4.69, 9.17) is 0 Å². The monoisotopic (exact) mass is 308 g/mol. The van der Waals surface area contributed by atoms with Crippen molar-refractivity contribution in [2.24, 2.45) is 0 Å². The van der Waals surface area contributed by atoms with E-state index in [1.807, 2.05) is 7.05 Å². The fourth-order valence-electron chi connectivity index (χ4n) is 2.40. The maximum Gasteiger partial charge on any atom is 0.0248 e. The Balaban J connectivity index is 2.03. The summed E-state index contributed by atoms with van der Waals surface area (Å²) in [6.45, 7) is 6.44. The van der Waals surface area contributed by atoms with Crippen LogP contribution >= 0.6 is 15.9 Å². The Bertz CT molecular complexity index is 440. The molecule has 3 heteroatoms. The number of hydrogen-bond acceptors (Lipinski definition) is 2. The first-order valence-corrected chi connectivity index (χ1v) is 7.28. The zero-order valence-corrected chi connectivity index (χ0v) is 12.8. The van der Waals surface area contributed by atoms with Gasteiger partial charge in [-0.15, -0.1) is 0 Å². The van der Waals surface area contributed by atoms with Gasteiger partial charge in [0.2, 0.25) is 0 Å². The number of benzene rings is 1. The third-order valence-electron chi connectivity index (χ3n) is 3.30. The van der Waals surface area contributed by atoms with E-state index >= 15 is 0 Å². The van der Waals surface area contributed by atoms with Crippen molar-refractivity contribution in [2.75, 3.05) is 20.1 Å². The summed E-state index contributed by atoms with van der Waals surface area (Å²) in [5.41, 5.74) is 4.19. The maximum atomic E-state index is 3.69. The summed E-state index contributed by atoms with van der Waals surface area (Å²) in [6, 6.07) is 6.67. The van der Waals surface area contributed by atoms with Crippen molar-refractivity contribution in [1.29, 1.82) is 0 Å². The van der Waals surface area contributed by atoms with Crippen LogP contribution in [0.4, 0.5) is 0 Å². The van der Waals surface area contributed by atoms with Crippen LogP contribution in [0.1, 0.15) is 24.5 Å². The first-order valence-electron chi connectivity index (χ1n) is 6.49. The molecule has 18 heavy (non-hydrogen) atoms. The Hall–Kier alpha value is -0.640. The van der Waals surface area contributed by atoms with E-state index in [2.05, 4.69) is 57.3 Å². The molecule has 98 valence electrons. The molecule has 0 aromatic heterocycles. The van der Waals surface area contributed by atoms with Gasteiger partial charge in [-0.1, -0.05) is 39.7 Å². The van der Waals surface area contributed by atoms with Gasteiger partial charge in [0.05, 0.1) is 0 Å². The van der Waals surface area contributed by atoms with Gasteiger partial charge in [-0.05, 0) is 37.6 Å². The van der Waals surface area contributed by atoms with Crippen LogP contribution in [0.2, 0.25) is 0 Å². The Morgan fingerprint density at radius 1 is 1.39 bits per heavy atom. The van der Waals surface area contributed by atoms with Crippen LogP contribution < -0.4 is 5.32 Å². The van der Waals surface area contributed by atoms with Gasteiger partial charge in [0.1, 0.15) is 0 Å². The average Bonchev–Trinajstić information content (AvgIpc) is 2.33. The van der Waals surface area contributed by atoms with E-state index in [9.17, 15) is 0 Å². The standard InChI is InChI=1S/C15H21BrN2/c1-12-4-3-7-18(10-12)11-14-6-5-13(9-17-2)8-15(14)16/h4-6,8,17H,3,7,9-11H2,1-2H3. The summed E-state index contributed by atoms with van der Waals surface area (Å²) >= 11 is 3.69. The molecule has 0 atom stereocenters. The molecule has 2 rings (SSSR count). The molecule has 1 aromatic carbocycles. The summed E-state index contributed by atoms with van der Waals surface area (Å²) in [5.74, 6) is 0. The molecule has 0 spiro atoms. The maximum absolute atomic E-state index is 3.69. The molecule has 1 aliphatic heterocycles. The number of nitrogens with zero attached hydrogens (tertiary/aromatic N) is 1. The predicted octanol–water partition coefficient (Wildman–Crippen LogP) is 3.32. The second-order valence-electron chi connectivity index (χ2n) is 5.01. The molecule has 0 saturated carbocycles. The summed E-state index contributed by atoms with van der Waals surface area (Å²) in [4.78, 5) is 2.51. The van der Waals surface area contributed by atoms with Crippen molar-refractivity contribution >= 4 is 15.9 Å². The minimum absolute atomic E-state index is 0.921. The fourth-order valence-corrected chi connectivity index (χ4v) is 2.95. The van der Waals surface area contributed by atoms with Crippen molar-refractivity contribution in [2.45, 2.75) is 26.4 Å². The molecule has 0 radical (unpaired) electrons. The molecule has 0 amide bonds. The van der Waals surface area contributed by atoms with Crippen LogP contribution in [0.3, 0.4) is 0 Å². The van der Waals surface area contributed by atoms with Crippen molar-refractivity contribution in [3.63, 3.8) is 0 Å².